The van der Waals surface area contributed by atoms with Crippen LogP contribution in [0.2, 0.25) is 0 Å². The van der Waals surface area contributed by atoms with Crippen molar-refractivity contribution in [2.45, 2.75) is 46.7 Å². The summed E-state index contributed by atoms with van der Waals surface area (Å²) < 4.78 is 0. The third-order valence-electron chi connectivity index (χ3n) is 3.12. The molecule has 0 aliphatic heterocycles. The van der Waals surface area contributed by atoms with Gasteiger partial charge in [0.25, 0.3) is 0 Å². The summed E-state index contributed by atoms with van der Waals surface area (Å²) in [6.45, 7) is 9.56. The molecule has 98 valence electrons. The first-order valence-corrected chi connectivity index (χ1v) is 8.04. The Kier molecular flexibility index (Phi) is 4.54. The summed E-state index contributed by atoms with van der Waals surface area (Å²) in [6.07, 6.45) is 1.12. The summed E-state index contributed by atoms with van der Waals surface area (Å²) in [7, 11) is 0. The van der Waals surface area contributed by atoms with E-state index in [2.05, 4.69) is 49.4 Å². The number of nitrogens with one attached hydrogen (secondary N) is 1. The second kappa shape index (κ2) is 5.95. The van der Waals surface area contributed by atoms with Gasteiger partial charge in [-0.25, -0.2) is 4.98 Å². The maximum atomic E-state index is 4.49. The van der Waals surface area contributed by atoms with Crippen molar-refractivity contribution in [2.24, 2.45) is 0 Å². The maximum Gasteiger partial charge on any atom is 0.0900 e. The van der Waals surface area contributed by atoms with E-state index in [0.717, 1.165) is 18.0 Å². The SMILES string of the molecule is CCc1ccsc1CNC(C)c1sc(C)nc1C. The number of thiophene rings is 1. The van der Waals surface area contributed by atoms with Gasteiger partial charge >= 0.3 is 0 Å². The Morgan fingerprint density at radius 2 is 2.17 bits per heavy atom. The van der Waals surface area contributed by atoms with Crippen molar-refractivity contribution in [3.63, 3.8) is 0 Å². The lowest BCUT2D eigenvalue weighted by molar-refractivity contribution is 0.582. The smallest absolute Gasteiger partial charge is 0.0900 e. The lowest BCUT2D eigenvalue weighted by atomic mass is 10.2. The Morgan fingerprint density at radius 3 is 2.78 bits per heavy atom. The van der Waals surface area contributed by atoms with E-state index in [1.165, 1.54) is 21.0 Å². The van der Waals surface area contributed by atoms with Gasteiger partial charge in [0.05, 0.1) is 10.7 Å². The molecule has 0 bridgehead atoms. The molecule has 2 nitrogen and oxygen atoms in total. The molecule has 1 unspecified atom stereocenters. The molecule has 2 heterocycles. The predicted octanol–water partition coefficient (Wildman–Crippen LogP) is 4.23. The number of aryl methyl sites for hydroxylation is 3. The quantitative estimate of drug-likeness (QED) is 0.886. The second-order valence-corrected chi connectivity index (χ2v) is 6.74. The number of aromatic nitrogens is 1. The van der Waals surface area contributed by atoms with Gasteiger partial charge < -0.3 is 5.32 Å². The number of thiazole rings is 1. The highest BCUT2D eigenvalue weighted by molar-refractivity contribution is 7.11. The summed E-state index contributed by atoms with van der Waals surface area (Å²) in [5, 5.41) is 6.95. The van der Waals surface area contributed by atoms with E-state index in [1.807, 2.05) is 11.3 Å². The average Bonchev–Trinajstić information content (AvgIpc) is 2.92. The molecule has 1 N–H and O–H groups in total. The second-order valence-electron chi connectivity index (χ2n) is 4.51. The largest absolute Gasteiger partial charge is 0.304 e. The Morgan fingerprint density at radius 1 is 1.39 bits per heavy atom. The standard InChI is InChI=1S/C14H20N2S2/c1-5-12-6-7-17-13(12)8-15-9(2)14-10(3)16-11(4)18-14/h6-7,9,15H,5,8H2,1-4H3. The lowest BCUT2D eigenvalue weighted by Crippen LogP contribution is -2.17. The van der Waals surface area contributed by atoms with Crippen molar-refractivity contribution in [1.29, 1.82) is 0 Å². The van der Waals surface area contributed by atoms with Gasteiger partial charge in [0.15, 0.2) is 0 Å². The minimum atomic E-state index is 0.378. The Bertz CT molecular complexity index is 514. The van der Waals surface area contributed by atoms with Gasteiger partial charge in [0.1, 0.15) is 0 Å². The van der Waals surface area contributed by atoms with Gasteiger partial charge in [-0.1, -0.05) is 6.92 Å². The van der Waals surface area contributed by atoms with Crippen LogP contribution in [0, 0.1) is 13.8 Å². The van der Waals surface area contributed by atoms with E-state index in [9.17, 15) is 0 Å². The molecule has 2 rings (SSSR count). The van der Waals surface area contributed by atoms with Gasteiger partial charge in [-0.05, 0) is 44.2 Å². The molecule has 0 spiro atoms. The van der Waals surface area contributed by atoms with Crippen molar-refractivity contribution >= 4 is 22.7 Å². The van der Waals surface area contributed by atoms with Crippen molar-refractivity contribution in [2.75, 3.05) is 0 Å². The maximum absolute atomic E-state index is 4.49. The molecule has 2 aromatic rings. The molecule has 2 aromatic heterocycles. The van der Waals surface area contributed by atoms with Crippen LogP contribution in [0.25, 0.3) is 0 Å². The number of hydrogen-bond donors (Lipinski definition) is 1. The first-order valence-electron chi connectivity index (χ1n) is 6.34. The fourth-order valence-corrected chi connectivity index (χ4v) is 4.01. The van der Waals surface area contributed by atoms with Crippen molar-refractivity contribution in [1.82, 2.24) is 10.3 Å². The van der Waals surface area contributed by atoms with E-state index in [-0.39, 0.29) is 0 Å². The van der Waals surface area contributed by atoms with E-state index < -0.39 is 0 Å². The van der Waals surface area contributed by atoms with Gasteiger partial charge in [-0.3, -0.25) is 0 Å². The molecular formula is C14H20N2S2. The van der Waals surface area contributed by atoms with Crippen LogP contribution in [0.3, 0.4) is 0 Å². The zero-order valence-corrected chi connectivity index (χ0v) is 13.0. The topological polar surface area (TPSA) is 24.9 Å². The molecular weight excluding hydrogens is 260 g/mol. The molecule has 0 radical (unpaired) electrons. The predicted molar refractivity (Wildman–Crippen MR) is 80.5 cm³/mol. The molecule has 0 amide bonds. The van der Waals surface area contributed by atoms with Crippen LogP contribution in [0.5, 0.6) is 0 Å². The minimum absolute atomic E-state index is 0.378. The average molecular weight is 280 g/mol. The van der Waals surface area contributed by atoms with Crippen LogP contribution in [-0.2, 0) is 13.0 Å². The zero-order chi connectivity index (χ0) is 13.1. The van der Waals surface area contributed by atoms with Crippen molar-refractivity contribution in [3.8, 4) is 0 Å². The molecule has 0 aromatic carbocycles. The summed E-state index contributed by atoms with van der Waals surface area (Å²) in [6, 6.07) is 2.61. The molecule has 0 saturated heterocycles. The van der Waals surface area contributed by atoms with Crippen LogP contribution in [-0.4, -0.2) is 4.98 Å². The lowest BCUT2D eigenvalue weighted by Gasteiger charge is -2.12. The van der Waals surface area contributed by atoms with Crippen LogP contribution < -0.4 is 5.32 Å². The molecule has 0 aliphatic rings. The zero-order valence-electron chi connectivity index (χ0n) is 11.4. The highest BCUT2D eigenvalue weighted by atomic mass is 32.1. The number of rotatable bonds is 5. The van der Waals surface area contributed by atoms with Crippen molar-refractivity contribution < 1.29 is 0 Å². The molecule has 4 heteroatoms. The molecule has 0 aliphatic carbocycles. The number of hydrogen-bond acceptors (Lipinski definition) is 4. The van der Waals surface area contributed by atoms with Crippen molar-refractivity contribution in [3.05, 3.63) is 37.5 Å². The first kappa shape index (κ1) is 13.7. The van der Waals surface area contributed by atoms with Crippen LogP contribution in [0.15, 0.2) is 11.4 Å². The van der Waals surface area contributed by atoms with Gasteiger partial charge in [0.2, 0.25) is 0 Å². The van der Waals surface area contributed by atoms with E-state index in [1.54, 1.807) is 11.3 Å². The van der Waals surface area contributed by atoms with Gasteiger partial charge in [0, 0.05) is 22.3 Å². The fraction of sp³-hybridized carbons (Fsp3) is 0.500. The van der Waals surface area contributed by atoms with Crippen LogP contribution in [0.1, 0.15) is 45.9 Å². The molecule has 18 heavy (non-hydrogen) atoms. The van der Waals surface area contributed by atoms with E-state index >= 15 is 0 Å². The first-order chi connectivity index (χ1) is 8.61. The number of nitrogens with zero attached hydrogens (tertiary/aromatic N) is 1. The Balaban J connectivity index is 2.00. The van der Waals surface area contributed by atoms with Gasteiger partial charge in [-0.15, -0.1) is 22.7 Å². The fourth-order valence-electron chi connectivity index (χ4n) is 2.12. The summed E-state index contributed by atoms with van der Waals surface area (Å²) in [5.74, 6) is 0. The normalized spacial score (nSPS) is 12.9. The molecule has 0 fully saturated rings. The van der Waals surface area contributed by atoms with E-state index in [0.29, 0.717) is 6.04 Å². The highest BCUT2D eigenvalue weighted by Gasteiger charge is 2.13. The highest BCUT2D eigenvalue weighted by Crippen LogP contribution is 2.25. The summed E-state index contributed by atoms with van der Waals surface area (Å²) >= 11 is 3.65. The molecule has 1 atom stereocenters. The van der Waals surface area contributed by atoms with Crippen LogP contribution in [0.4, 0.5) is 0 Å². The minimum Gasteiger partial charge on any atom is -0.304 e. The third-order valence-corrected chi connectivity index (χ3v) is 5.34. The Labute approximate surface area is 117 Å². The van der Waals surface area contributed by atoms with E-state index in [4.69, 9.17) is 0 Å². The van der Waals surface area contributed by atoms with Crippen LogP contribution >= 0.6 is 22.7 Å². The molecule has 0 saturated carbocycles. The summed E-state index contributed by atoms with van der Waals surface area (Å²) in [4.78, 5) is 7.32. The third kappa shape index (κ3) is 2.99. The van der Waals surface area contributed by atoms with Gasteiger partial charge in [-0.2, -0.15) is 0 Å². The monoisotopic (exact) mass is 280 g/mol. The summed E-state index contributed by atoms with van der Waals surface area (Å²) in [5.41, 5.74) is 2.64. The Hall–Kier alpha value is -0.710.